The number of hydrogen-bond acceptors (Lipinski definition) is 4. The van der Waals surface area contributed by atoms with Gasteiger partial charge in [-0.3, -0.25) is 4.79 Å². The number of ketones is 1. The van der Waals surface area contributed by atoms with Crippen LogP contribution in [-0.2, 0) is 5.60 Å². The summed E-state index contributed by atoms with van der Waals surface area (Å²) in [6.07, 6.45) is 1.91. The normalized spacial score (nSPS) is 23.8. The lowest BCUT2D eigenvalue weighted by molar-refractivity contribution is -0.0159. The minimum Gasteiger partial charge on any atom is -0.380 e. The van der Waals surface area contributed by atoms with Crippen molar-refractivity contribution >= 4 is 17.5 Å². The Kier molecular flexibility index (Phi) is 4.22. The second-order valence-electron chi connectivity index (χ2n) is 7.21. The van der Waals surface area contributed by atoms with E-state index in [-0.39, 0.29) is 11.7 Å². The highest BCUT2D eigenvalue weighted by Gasteiger charge is 2.46. The van der Waals surface area contributed by atoms with E-state index in [1.807, 2.05) is 36.4 Å². The van der Waals surface area contributed by atoms with Crippen molar-refractivity contribution in [1.29, 1.82) is 0 Å². The van der Waals surface area contributed by atoms with Crippen LogP contribution in [0.15, 0.2) is 52.3 Å². The minimum atomic E-state index is -1.02. The maximum Gasteiger partial charge on any atom is 0.159 e. The first-order valence-electron chi connectivity index (χ1n) is 8.84. The Morgan fingerprint density at radius 3 is 2.52 bits per heavy atom. The van der Waals surface area contributed by atoms with Gasteiger partial charge in [0.15, 0.2) is 5.78 Å². The molecule has 1 fully saturated rings. The molecule has 25 heavy (non-hydrogen) atoms. The average Bonchev–Trinajstić information content (AvgIpc) is 2.62. The molecule has 130 valence electrons. The van der Waals surface area contributed by atoms with E-state index in [4.69, 9.17) is 0 Å². The number of aliphatic hydroxyl groups is 1. The Hall–Kier alpha value is -1.62. The number of nitrogens with zero attached hydrogens (tertiary/aromatic N) is 1. The monoisotopic (exact) mass is 353 g/mol. The molecule has 1 atom stereocenters. The third-order valence-corrected chi connectivity index (χ3v) is 6.78. The van der Waals surface area contributed by atoms with Crippen LogP contribution < -0.4 is 0 Å². The number of carbonyl (C=O) groups is 1. The summed E-state index contributed by atoms with van der Waals surface area (Å²) in [6, 6.07) is 13.9. The molecule has 4 heteroatoms. The van der Waals surface area contributed by atoms with Crippen molar-refractivity contribution in [3.63, 3.8) is 0 Å². The number of carbonyl (C=O) groups excluding carboxylic acids is 1. The molecule has 1 N–H and O–H groups in total. The van der Waals surface area contributed by atoms with Gasteiger partial charge >= 0.3 is 0 Å². The molecule has 0 amide bonds. The van der Waals surface area contributed by atoms with Gasteiger partial charge in [-0.25, -0.2) is 0 Å². The molecule has 0 aliphatic carbocycles. The summed E-state index contributed by atoms with van der Waals surface area (Å²) in [5.74, 6) is 0.198. The lowest BCUT2D eigenvalue weighted by atomic mass is 9.71. The Balaban J connectivity index is 1.89. The lowest BCUT2D eigenvalue weighted by Gasteiger charge is -2.44. The number of hydrogen-bond donors (Lipinski definition) is 1. The van der Waals surface area contributed by atoms with E-state index in [2.05, 4.69) is 18.0 Å². The third kappa shape index (κ3) is 2.73. The summed E-state index contributed by atoms with van der Waals surface area (Å²) >= 11 is 1.69. The zero-order valence-corrected chi connectivity index (χ0v) is 15.5. The molecular formula is C21H23NO2S. The predicted molar refractivity (Wildman–Crippen MR) is 100 cm³/mol. The first-order chi connectivity index (χ1) is 12.0. The van der Waals surface area contributed by atoms with Crippen LogP contribution in [0.3, 0.4) is 0 Å². The van der Waals surface area contributed by atoms with E-state index in [9.17, 15) is 9.90 Å². The van der Waals surface area contributed by atoms with Gasteiger partial charge in [0.1, 0.15) is 5.60 Å². The second kappa shape index (κ2) is 6.27. The van der Waals surface area contributed by atoms with E-state index in [0.29, 0.717) is 5.56 Å². The van der Waals surface area contributed by atoms with Crippen molar-refractivity contribution < 1.29 is 9.90 Å². The maximum atomic E-state index is 12.0. The van der Waals surface area contributed by atoms with Gasteiger partial charge in [0.05, 0.1) is 0 Å². The summed E-state index contributed by atoms with van der Waals surface area (Å²) < 4.78 is 0. The third-order valence-electron chi connectivity index (χ3n) is 5.62. The van der Waals surface area contributed by atoms with Crippen LogP contribution in [0.25, 0.3) is 0 Å². The molecule has 0 saturated carbocycles. The molecule has 2 aliphatic heterocycles. The minimum absolute atomic E-state index is 0.0392. The van der Waals surface area contributed by atoms with E-state index >= 15 is 0 Å². The summed E-state index contributed by atoms with van der Waals surface area (Å²) in [6.45, 7) is 3.56. The molecule has 0 radical (unpaired) electrons. The fourth-order valence-electron chi connectivity index (χ4n) is 4.14. The highest BCUT2D eigenvalue weighted by molar-refractivity contribution is 7.99. The van der Waals surface area contributed by atoms with Gasteiger partial charge < -0.3 is 10.0 Å². The van der Waals surface area contributed by atoms with Crippen molar-refractivity contribution in [1.82, 2.24) is 4.90 Å². The van der Waals surface area contributed by atoms with Gasteiger partial charge in [0.2, 0.25) is 0 Å². The maximum absolute atomic E-state index is 12.0. The molecule has 3 nitrogen and oxygen atoms in total. The molecule has 0 spiro atoms. The number of rotatable bonds is 2. The van der Waals surface area contributed by atoms with E-state index in [1.165, 1.54) is 0 Å². The summed E-state index contributed by atoms with van der Waals surface area (Å²) in [4.78, 5) is 16.4. The van der Waals surface area contributed by atoms with E-state index < -0.39 is 5.60 Å². The first kappa shape index (κ1) is 16.8. The molecule has 1 saturated heterocycles. The fourth-order valence-corrected chi connectivity index (χ4v) is 5.31. The average molecular weight is 353 g/mol. The summed E-state index contributed by atoms with van der Waals surface area (Å²) in [7, 11) is 2.13. The zero-order chi connectivity index (χ0) is 17.6. The number of piperidine rings is 1. The van der Waals surface area contributed by atoms with Crippen molar-refractivity contribution in [2.45, 2.75) is 35.2 Å². The molecule has 2 aromatic carbocycles. The fraction of sp³-hybridized carbons (Fsp3) is 0.381. The van der Waals surface area contributed by atoms with Crippen LogP contribution in [0.5, 0.6) is 0 Å². The molecule has 1 unspecified atom stereocenters. The molecular weight excluding hydrogens is 330 g/mol. The van der Waals surface area contributed by atoms with Crippen LogP contribution in [-0.4, -0.2) is 35.9 Å². The topological polar surface area (TPSA) is 40.5 Å². The highest BCUT2D eigenvalue weighted by atomic mass is 32.2. The quantitative estimate of drug-likeness (QED) is 0.831. The Morgan fingerprint density at radius 2 is 1.80 bits per heavy atom. The Morgan fingerprint density at radius 1 is 1.12 bits per heavy atom. The molecule has 2 aliphatic rings. The zero-order valence-electron chi connectivity index (χ0n) is 14.7. The van der Waals surface area contributed by atoms with E-state index in [0.717, 1.165) is 46.8 Å². The summed E-state index contributed by atoms with van der Waals surface area (Å²) in [5.41, 5.74) is 1.54. The molecule has 2 heterocycles. The lowest BCUT2D eigenvalue weighted by Crippen LogP contribution is -2.44. The van der Waals surface area contributed by atoms with Gasteiger partial charge in [-0.15, -0.1) is 0 Å². The van der Waals surface area contributed by atoms with Gasteiger partial charge in [0, 0.05) is 26.5 Å². The number of fused-ring (bicyclic) bond motifs is 2. The van der Waals surface area contributed by atoms with Gasteiger partial charge in [0.25, 0.3) is 0 Å². The molecule has 0 aromatic heterocycles. The number of Topliss-reactive ketones (excluding diaryl/α,β-unsaturated/α-hetero) is 1. The number of benzene rings is 2. The van der Waals surface area contributed by atoms with Crippen LogP contribution in [0, 0.1) is 5.92 Å². The van der Waals surface area contributed by atoms with E-state index in [1.54, 1.807) is 18.7 Å². The van der Waals surface area contributed by atoms with Crippen LogP contribution in [0.4, 0.5) is 0 Å². The second-order valence-corrected chi connectivity index (χ2v) is 8.29. The molecule has 2 aromatic rings. The van der Waals surface area contributed by atoms with Crippen LogP contribution >= 0.6 is 11.8 Å². The van der Waals surface area contributed by atoms with Crippen LogP contribution in [0.2, 0.25) is 0 Å². The Bertz CT molecular complexity index is 826. The Labute approximate surface area is 153 Å². The van der Waals surface area contributed by atoms with Crippen molar-refractivity contribution in [3.05, 3.63) is 59.2 Å². The van der Waals surface area contributed by atoms with Crippen molar-refractivity contribution in [2.75, 3.05) is 20.1 Å². The standard InChI is InChI=1S/C21H23NO2S/c1-14(23)15-7-8-20-18(13-15)21(24,16-9-11-22(2)12-10-16)17-5-3-4-6-19(17)25-20/h3-8,13,16,24H,9-12H2,1-2H3. The molecule has 4 rings (SSSR count). The van der Waals surface area contributed by atoms with Gasteiger partial charge in [-0.05, 0) is 64.0 Å². The molecule has 0 bridgehead atoms. The number of likely N-dealkylation sites (tertiary alicyclic amines) is 1. The summed E-state index contributed by atoms with van der Waals surface area (Å²) in [5, 5.41) is 12.0. The first-order valence-corrected chi connectivity index (χ1v) is 9.65. The van der Waals surface area contributed by atoms with Gasteiger partial charge in [-0.2, -0.15) is 0 Å². The highest BCUT2D eigenvalue weighted by Crippen LogP contribution is 2.53. The largest absolute Gasteiger partial charge is 0.380 e. The van der Waals surface area contributed by atoms with Gasteiger partial charge in [-0.1, -0.05) is 36.0 Å². The van der Waals surface area contributed by atoms with Crippen LogP contribution in [0.1, 0.15) is 41.3 Å². The van der Waals surface area contributed by atoms with Crippen molar-refractivity contribution in [2.24, 2.45) is 5.92 Å². The smallest absolute Gasteiger partial charge is 0.159 e. The van der Waals surface area contributed by atoms with Crippen molar-refractivity contribution in [3.8, 4) is 0 Å². The SMILES string of the molecule is CC(=O)c1ccc2c(c1)C(O)(C1CCN(C)CC1)c1ccccc1S2. The predicted octanol–water partition coefficient (Wildman–Crippen LogP) is 3.93.